The molecule has 0 bridgehead atoms. The summed E-state index contributed by atoms with van der Waals surface area (Å²) < 4.78 is 1.09. The minimum atomic E-state index is -0.523. The number of hydrogen-bond acceptors (Lipinski definition) is 6. The molecule has 1 aromatic heterocycles. The average molecular weight is 497 g/mol. The number of hydrogen-bond donors (Lipinski definition) is 1. The fraction of sp³-hybridized carbons (Fsp3) is 0.241. The quantitative estimate of drug-likeness (QED) is 0.193. The van der Waals surface area contributed by atoms with Gasteiger partial charge in [0.15, 0.2) is 0 Å². The molecule has 8 nitrogen and oxygen atoms in total. The number of carbonyl (C=O) groups is 1. The number of fused-ring (bicyclic) bond motifs is 1. The van der Waals surface area contributed by atoms with Crippen molar-refractivity contribution in [1.82, 2.24) is 9.47 Å². The summed E-state index contributed by atoms with van der Waals surface area (Å²) in [6.07, 6.45) is 2.46. The molecule has 0 spiro atoms. The van der Waals surface area contributed by atoms with Crippen LogP contribution in [0.4, 0.5) is 11.4 Å². The highest BCUT2D eigenvalue weighted by Gasteiger charge is 2.26. The second-order valence-electron chi connectivity index (χ2n) is 9.35. The molecule has 3 aromatic carbocycles. The zero-order chi connectivity index (χ0) is 26.1. The van der Waals surface area contributed by atoms with E-state index in [-0.39, 0.29) is 17.1 Å². The van der Waals surface area contributed by atoms with Crippen LogP contribution in [0, 0.1) is 10.1 Å². The van der Waals surface area contributed by atoms with Gasteiger partial charge in [-0.3, -0.25) is 19.8 Å². The molecule has 5 rings (SSSR count). The van der Waals surface area contributed by atoms with Gasteiger partial charge in [0.2, 0.25) is 11.8 Å². The Balaban J connectivity index is 1.66. The monoisotopic (exact) mass is 496 g/mol. The third kappa shape index (κ3) is 4.63. The molecule has 37 heavy (non-hydrogen) atoms. The number of non-ortho nitro benzene ring substituents is 1. The Morgan fingerprint density at radius 1 is 1.03 bits per heavy atom. The van der Waals surface area contributed by atoms with Crippen LogP contribution < -0.4 is 0 Å². The summed E-state index contributed by atoms with van der Waals surface area (Å²) in [5, 5.41) is 23.1. The van der Waals surface area contributed by atoms with E-state index in [4.69, 9.17) is 4.99 Å². The molecular formula is C29H28N4O4. The van der Waals surface area contributed by atoms with Crippen molar-refractivity contribution in [1.29, 1.82) is 0 Å². The van der Waals surface area contributed by atoms with E-state index in [0.717, 1.165) is 23.2 Å². The van der Waals surface area contributed by atoms with E-state index in [1.54, 1.807) is 6.07 Å². The van der Waals surface area contributed by atoms with Crippen molar-refractivity contribution >= 4 is 33.9 Å². The molecule has 2 heterocycles. The number of benzene rings is 3. The summed E-state index contributed by atoms with van der Waals surface area (Å²) in [6.45, 7) is 5.74. The fourth-order valence-electron chi connectivity index (χ4n) is 5.09. The first kappa shape index (κ1) is 24.4. The van der Waals surface area contributed by atoms with Gasteiger partial charge in [-0.25, -0.2) is 9.56 Å². The van der Waals surface area contributed by atoms with Crippen LogP contribution in [0.15, 0.2) is 77.8 Å². The third-order valence-corrected chi connectivity index (χ3v) is 7.04. The Hall–Kier alpha value is -4.30. The number of nitro groups is 1. The van der Waals surface area contributed by atoms with Crippen molar-refractivity contribution in [3.05, 3.63) is 99.6 Å². The second kappa shape index (κ2) is 9.99. The molecule has 1 saturated heterocycles. The van der Waals surface area contributed by atoms with Gasteiger partial charge in [-0.15, -0.1) is 0 Å². The maximum absolute atomic E-state index is 12.5. The molecule has 0 radical (unpaired) electrons. The lowest BCUT2D eigenvalue weighted by Crippen LogP contribution is -2.23. The van der Waals surface area contributed by atoms with E-state index >= 15 is 0 Å². The van der Waals surface area contributed by atoms with E-state index in [0.29, 0.717) is 28.4 Å². The maximum atomic E-state index is 12.5. The summed E-state index contributed by atoms with van der Waals surface area (Å²) in [7, 11) is 0. The molecule has 1 atom stereocenters. The Morgan fingerprint density at radius 2 is 1.70 bits per heavy atom. The van der Waals surface area contributed by atoms with Crippen molar-refractivity contribution < 1.29 is 14.8 Å². The Labute approximate surface area is 214 Å². The predicted molar refractivity (Wildman–Crippen MR) is 144 cm³/mol. The predicted octanol–water partition coefficient (Wildman–Crippen LogP) is 6.24. The van der Waals surface area contributed by atoms with Crippen LogP contribution in [0.25, 0.3) is 10.9 Å². The first-order valence-electron chi connectivity index (χ1n) is 12.4. The number of aliphatic imine (C=N–C) groups is 1. The summed E-state index contributed by atoms with van der Waals surface area (Å²) in [4.78, 5) is 30.8. The van der Waals surface area contributed by atoms with E-state index in [9.17, 15) is 20.0 Å². The van der Waals surface area contributed by atoms with Gasteiger partial charge < -0.3 is 5.11 Å². The summed E-state index contributed by atoms with van der Waals surface area (Å²) in [5.41, 5.74) is 3.56. The highest BCUT2D eigenvalue weighted by molar-refractivity contribution is 6.23. The molecule has 1 aliphatic heterocycles. The van der Waals surface area contributed by atoms with Gasteiger partial charge in [0.25, 0.3) is 5.69 Å². The summed E-state index contributed by atoms with van der Waals surface area (Å²) in [5.74, 6) is -0.758. The normalized spacial score (nSPS) is 15.2. The SMILES string of the molecule is CC(=O)n1c(O)c(C(=Nc2ccc([C@H](C)N3CCCC3)cc2)c2ccccc2)c2ccc([N+](=O)[O-])cc21. The molecule has 0 unspecified atom stereocenters. The van der Waals surface area contributed by atoms with E-state index in [2.05, 4.69) is 24.0 Å². The first-order chi connectivity index (χ1) is 17.8. The van der Waals surface area contributed by atoms with Gasteiger partial charge in [-0.05, 0) is 56.6 Å². The number of aromatic nitrogens is 1. The molecule has 1 N–H and O–H groups in total. The summed E-state index contributed by atoms with van der Waals surface area (Å²) in [6, 6.07) is 22.0. The zero-order valence-corrected chi connectivity index (χ0v) is 20.8. The van der Waals surface area contributed by atoms with Gasteiger partial charge >= 0.3 is 0 Å². The number of nitro benzene ring substituents is 1. The number of likely N-dealkylation sites (tertiary alicyclic amines) is 1. The van der Waals surface area contributed by atoms with Crippen molar-refractivity contribution in [2.75, 3.05) is 13.1 Å². The standard InChI is InChI=1S/C29H28N4O4/c1-19(31-16-6-7-17-31)21-10-12-23(13-11-21)30-28(22-8-4-3-5-9-22)27-25-15-14-24(33(36)37)18-26(25)32(20(2)34)29(27)35/h3-5,8-15,18-19,35H,6-7,16-17H2,1-2H3/t19-/m0/s1. The highest BCUT2D eigenvalue weighted by Crippen LogP contribution is 2.36. The molecule has 188 valence electrons. The molecule has 0 saturated carbocycles. The number of carbonyl (C=O) groups excluding carboxylic acids is 1. The van der Waals surface area contributed by atoms with Crippen molar-refractivity contribution in [2.45, 2.75) is 32.7 Å². The lowest BCUT2D eigenvalue weighted by Gasteiger charge is -2.24. The highest BCUT2D eigenvalue weighted by atomic mass is 16.6. The number of aromatic hydroxyl groups is 1. The fourth-order valence-corrected chi connectivity index (χ4v) is 5.09. The number of rotatable bonds is 6. The average Bonchev–Trinajstić information content (AvgIpc) is 3.53. The largest absolute Gasteiger partial charge is 0.494 e. The molecule has 1 aliphatic rings. The Kier molecular flexibility index (Phi) is 6.58. The van der Waals surface area contributed by atoms with Crippen molar-refractivity contribution in [3.8, 4) is 5.88 Å². The van der Waals surface area contributed by atoms with Crippen LogP contribution in [0.2, 0.25) is 0 Å². The molecule has 4 aromatic rings. The van der Waals surface area contributed by atoms with Crippen LogP contribution in [-0.4, -0.2) is 44.2 Å². The molecule has 0 aliphatic carbocycles. The van der Waals surface area contributed by atoms with Gasteiger partial charge in [0.1, 0.15) is 0 Å². The van der Waals surface area contributed by atoms with Crippen LogP contribution >= 0.6 is 0 Å². The smallest absolute Gasteiger partial charge is 0.271 e. The van der Waals surface area contributed by atoms with Gasteiger partial charge in [0, 0.05) is 36.0 Å². The second-order valence-corrected chi connectivity index (χ2v) is 9.35. The topological polar surface area (TPSA) is 101 Å². The third-order valence-electron chi connectivity index (χ3n) is 7.04. The zero-order valence-electron chi connectivity index (χ0n) is 20.8. The van der Waals surface area contributed by atoms with Crippen LogP contribution in [0.1, 0.15) is 54.2 Å². The van der Waals surface area contributed by atoms with Crippen LogP contribution in [0.5, 0.6) is 5.88 Å². The first-order valence-corrected chi connectivity index (χ1v) is 12.4. The minimum Gasteiger partial charge on any atom is -0.494 e. The molecule has 0 amide bonds. The molecule has 1 fully saturated rings. The van der Waals surface area contributed by atoms with Gasteiger partial charge in [-0.1, -0.05) is 42.5 Å². The van der Waals surface area contributed by atoms with Crippen molar-refractivity contribution in [2.24, 2.45) is 4.99 Å². The Morgan fingerprint density at radius 3 is 2.32 bits per heavy atom. The molecular weight excluding hydrogens is 468 g/mol. The van der Waals surface area contributed by atoms with Crippen molar-refractivity contribution in [3.63, 3.8) is 0 Å². The van der Waals surface area contributed by atoms with E-state index in [1.807, 2.05) is 42.5 Å². The van der Waals surface area contributed by atoms with Crippen LogP contribution in [-0.2, 0) is 0 Å². The Bertz CT molecular complexity index is 1500. The van der Waals surface area contributed by atoms with E-state index < -0.39 is 10.8 Å². The minimum absolute atomic E-state index is 0.167. The maximum Gasteiger partial charge on any atom is 0.271 e. The van der Waals surface area contributed by atoms with Gasteiger partial charge in [0.05, 0.1) is 27.4 Å². The summed E-state index contributed by atoms with van der Waals surface area (Å²) >= 11 is 0. The number of nitrogens with zero attached hydrogens (tertiary/aromatic N) is 4. The lowest BCUT2D eigenvalue weighted by molar-refractivity contribution is -0.384. The molecule has 8 heteroatoms. The van der Waals surface area contributed by atoms with Gasteiger partial charge in [-0.2, -0.15) is 0 Å². The van der Waals surface area contributed by atoms with Crippen LogP contribution in [0.3, 0.4) is 0 Å². The van der Waals surface area contributed by atoms with E-state index in [1.165, 1.54) is 37.5 Å². The lowest BCUT2D eigenvalue weighted by atomic mass is 10.0.